The maximum absolute atomic E-state index is 5.82. The highest BCUT2D eigenvalue weighted by Gasteiger charge is 2.02. The second kappa shape index (κ2) is 5.89. The maximum Gasteiger partial charge on any atom is 0.127 e. The van der Waals surface area contributed by atoms with Crippen LogP contribution in [0.4, 0.5) is 0 Å². The number of halogens is 3. The molecule has 1 nitrogen and oxygen atoms in total. The van der Waals surface area contributed by atoms with Gasteiger partial charge in [-0.2, -0.15) is 0 Å². The van der Waals surface area contributed by atoms with Crippen molar-refractivity contribution in [3.05, 3.63) is 57.5 Å². The second-order valence-electron chi connectivity index (χ2n) is 3.44. The predicted octanol–water partition coefficient (Wildman–Crippen LogP) is 5.79. The van der Waals surface area contributed by atoms with Crippen LogP contribution in [0.1, 0.15) is 5.56 Å². The molecule has 0 heterocycles. The highest BCUT2D eigenvalue weighted by Crippen LogP contribution is 2.28. The molecule has 0 saturated carbocycles. The first-order valence-corrected chi connectivity index (χ1v) is 7.26. The molecule has 0 aliphatic rings. The van der Waals surface area contributed by atoms with Crippen LogP contribution in [0.5, 0.6) is 11.5 Å². The molecule has 0 amide bonds. The van der Waals surface area contributed by atoms with Crippen molar-refractivity contribution in [2.24, 2.45) is 0 Å². The van der Waals surface area contributed by atoms with Gasteiger partial charge < -0.3 is 4.74 Å². The molecule has 4 heteroatoms. The first-order valence-electron chi connectivity index (χ1n) is 4.97. The van der Waals surface area contributed by atoms with E-state index in [9.17, 15) is 0 Å². The summed E-state index contributed by atoms with van der Waals surface area (Å²) in [5.41, 5.74) is 1.15. The third-order valence-corrected chi connectivity index (χ3v) is 3.84. The SMILES string of the molecule is Clc1ccc(Oc2ccc(Br)c(CBr)c2)cc1. The number of hydrogen-bond acceptors (Lipinski definition) is 1. The summed E-state index contributed by atoms with van der Waals surface area (Å²) < 4.78 is 6.80. The van der Waals surface area contributed by atoms with Gasteiger partial charge in [0.25, 0.3) is 0 Å². The summed E-state index contributed by atoms with van der Waals surface area (Å²) in [6.07, 6.45) is 0. The number of ether oxygens (including phenoxy) is 1. The van der Waals surface area contributed by atoms with Crippen molar-refractivity contribution >= 4 is 43.5 Å². The molecule has 2 aromatic rings. The van der Waals surface area contributed by atoms with Crippen LogP contribution in [-0.4, -0.2) is 0 Å². The molecule has 0 unspecified atom stereocenters. The van der Waals surface area contributed by atoms with Crippen molar-refractivity contribution in [1.82, 2.24) is 0 Å². The van der Waals surface area contributed by atoms with E-state index in [2.05, 4.69) is 31.9 Å². The van der Waals surface area contributed by atoms with E-state index >= 15 is 0 Å². The Kier molecular flexibility index (Phi) is 4.48. The number of benzene rings is 2. The van der Waals surface area contributed by atoms with Gasteiger partial charge in [-0.25, -0.2) is 0 Å². The summed E-state index contributed by atoms with van der Waals surface area (Å²) in [5, 5.41) is 1.49. The zero-order valence-electron chi connectivity index (χ0n) is 8.79. The minimum absolute atomic E-state index is 0.703. The van der Waals surface area contributed by atoms with Crippen molar-refractivity contribution in [3.63, 3.8) is 0 Å². The average Bonchev–Trinajstić information content (AvgIpc) is 2.34. The van der Waals surface area contributed by atoms with Crippen molar-refractivity contribution < 1.29 is 4.74 Å². The molecule has 0 radical (unpaired) electrons. The first-order chi connectivity index (χ1) is 8.19. The normalized spacial score (nSPS) is 10.3. The molecule has 0 atom stereocenters. The van der Waals surface area contributed by atoms with Crippen molar-refractivity contribution in [1.29, 1.82) is 0 Å². The van der Waals surface area contributed by atoms with Gasteiger partial charge in [0.15, 0.2) is 0 Å². The van der Waals surface area contributed by atoms with Gasteiger partial charge in [0, 0.05) is 14.8 Å². The summed E-state index contributed by atoms with van der Waals surface area (Å²) in [5.74, 6) is 1.59. The second-order valence-corrected chi connectivity index (χ2v) is 5.29. The monoisotopic (exact) mass is 374 g/mol. The van der Waals surface area contributed by atoms with Crippen LogP contribution < -0.4 is 4.74 Å². The van der Waals surface area contributed by atoms with Crippen LogP contribution in [0.2, 0.25) is 5.02 Å². The van der Waals surface area contributed by atoms with Crippen molar-refractivity contribution in [3.8, 4) is 11.5 Å². The molecule has 0 aliphatic carbocycles. The zero-order chi connectivity index (χ0) is 12.3. The van der Waals surface area contributed by atoms with Gasteiger partial charge in [-0.05, 0) is 48.0 Å². The lowest BCUT2D eigenvalue weighted by Crippen LogP contribution is -1.86. The summed E-state index contributed by atoms with van der Waals surface area (Å²) >= 11 is 12.7. The summed E-state index contributed by atoms with van der Waals surface area (Å²) in [7, 11) is 0. The average molecular weight is 376 g/mol. The Balaban J connectivity index is 2.21. The Labute approximate surface area is 122 Å². The zero-order valence-corrected chi connectivity index (χ0v) is 12.7. The van der Waals surface area contributed by atoms with E-state index in [-0.39, 0.29) is 0 Å². The minimum Gasteiger partial charge on any atom is -0.457 e. The van der Waals surface area contributed by atoms with E-state index in [4.69, 9.17) is 16.3 Å². The highest BCUT2D eigenvalue weighted by atomic mass is 79.9. The summed E-state index contributed by atoms with van der Waals surface area (Å²) in [6.45, 7) is 0. The van der Waals surface area contributed by atoms with Crippen molar-refractivity contribution in [2.75, 3.05) is 0 Å². The lowest BCUT2D eigenvalue weighted by atomic mass is 10.2. The molecule has 0 N–H and O–H groups in total. The van der Waals surface area contributed by atoms with Gasteiger partial charge in [-0.3, -0.25) is 0 Å². The van der Waals surface area contributed by atoms with Crippen LogP contribution >= 0.6 is 43.5 Å². The number of hydrogen-bond donors (Lipinski definition) is 0. The fraction of sp³-hybridized carbons (Fsp3) is 0.0769. The number of rotatable bonds is 3. The van der Waals surface area contributed by atoms with E-state index in [0.717, 1.165) is 26.9 Å². The van der Waals surface area contributed by atoms with Gasteiger partial charge >= 0.3 is 0 Å². The van der Waals surface area contributed by atoms with Gasteiger partial charge in [0.05, 0.1) is 0 Å². The van der Waals surface area contributed by atoms with Gasteiger partial charge in [0.1, 0.15) is 11.5 Å². The van der Waals surface area contributed by atoms with Crippen LogP contribution in [0.25, 0.3) is 0 Å². The third kappa shape index (κ3) is 3.47. The van der Waals surface area contributed by atoms with Gasteiger partial charge in [-0.1, -0.05) is 43.5 Å². The summed E-state index contributed by atoms with van der Waals surface area (Å²) in [6, 6.07) is 13.2. The molecule has 0 saturated heterocycles. The van der Waals surface area contributed by atoms with Crippen LogP contribution in [0, 0.1) is 0 Å². The molecule has 2 rings (SSSR count). The molecular formula is C13H9Br2ClO. The smallest absolute Gasteiger partial charge is 0.127 e. The first kappa shape index (κ1) is 12.9. The van der Waals surface area contributed by atoms with E-state index < -0.39 is 0 Å². The lowest BCUT2D eigenvalue weighted by Gasteiger charge is -2.08. The fourth-order valence-electron chi connectivity index (χ4n) is 1.36. The molecule has 0 bridgehead atoms. The Bertz CT molecular complexity index is 511. The van der Waals surface area contributed by atoms with Crippen LogP contribution in [0.3, 0.4) is 0 Å². The Hall–Kier alpha value is -0.510. The quantitative estimate of drug-likeness (QED) is 0.616. The fourth-order valence-corrected chi connectivity index (χ4v) is 2.71. The van der Waals surface area contributed by atoms with Crippen LogP contribution in [-0.2, 0) is 5.33 Å². The largest absolute Gasteiger partial charge is 0.457 e. The molecule has 88 valence electrons. The van der Waals surface area contributed by atoms with Gasteiger partial charge in [-0.15, -0.1) is 0 Å². The molecular weight excluding hydrogens is 367 g/mol. The lowest BCUT2D eigenvalue weighted by molar-refractivity contribution is 0.482. The van der Waals surface area contributed by atoms with E-state index in [1.165, 1.54) is 0 Å². The van der Waals surface area contributed by atoms with E-state index in [0.29, 0.717) is 5.02 Å². The molecule has 17 heavy (non-hydrogen) atoms. The van der Waals surface area contributed by atoms with Crippen molar-refractivity contribution in [2.45, 2.75) is 5.33 Å². The molecule has 2 aromatic carbocycles. The van der Waals surface area contributed by atoms with E-state index in [1.807, 2.05) is 30.3 Å². The Morgan fingerprint density at radius 2 is 1.65 bits per heavy atom. The Morgan fingerprint density at radius 1 is 1.00 bits per heavy atom. The molecule has 0 aromatic heterocycles. The standard InChI is InChI=1S/C13H9Br2ClO/c14-8-9-7-12(5-6-13(9)15)17-11-3-1-10(16)2-4-11/h1-7H,8H2. The summed E-state index contributed by atoms with van der Waals surface area (Å²) in [4.78, 5) is 0. The maximum atomic E-state index is 5.82. The minimum atomic E-state index is 0.703. The number of alkyl halides is 1. The third-order valence-electron chi connectivity index (χ3n) is 2.21. The molecule has 0 fully saturated rings. The van der Waals surface area contributed by atoms with E-state index in [1.54, 1.807) is 12.1 Å². The predicted molar refractivity (Wildman–Crippen MR) is 78.3 cm³/mol. The Morgan fingerprint density at radius 3 is 2.29 bits per heavy atom. The topological polar surface area (TPSA) is 9.23 Å². The molecule has 0 aliphatic heterocycles. The van der Waals surface area contributed by atoms with Gasteiger partial charge in [0.2, 0.25) is 0 Å². The highest BCUT2D eigenvalue weighted by molar-refractivity contribution is 9.10. The van der Waals surface area contributed by atoms with Crippen LogP contribution in [0.15, 0.2) is 46.9 Å². The molecule has 0 spiro atoms.